The van der Waals surface area contributed by atoms with Gasteiger partial charge in [-0.15, -0.1) is 10.2 Å². The van der Waals surface area contributed by atoms with Crippen molar-refractivity contribution in [2.45, 2.75) is 17.2 Å². The molecule has 0 unspecified atom stereocenters. The van der Waals surface area contributed by atoms with Gasteiger partial charge < -0.3 is 4.74 Å². The molecule has 0 atom stereocenters. The zero-order valence-corrected chi connectivity index (χ0v) is 18.4. The second-order valence-electron chi connectivity index (χ2n) is 6.18. The first-order valence-corrected chi connectivity index (χ1v) is 11.6. The Kier molecular flexibility index (Phi) is 7.38. The van der Waals surface area contributed by atoms with Crippen LogP contribution in [0, 0.1) is 0 Å². The normalized spacial score (nSPS) is 11.3. The second-order valence-corrected chi connectivity index (χ2v) is 9.54. The fourth-order valence-corrected chi connectivity index (χ4v) is 4.63. The Morgan fingerprint density at radius 3 is 2.47 bits per heavy atom. The number of aryl methyl sites for hydroxylation is 1. The van der Waals surface area contributed by atoms with E-state index in [4.69, 9.17) is 16.3 Å². The molecule has 0 bridgehead atoms. The number of anilines is 1. The van der Waals surface area contributed by atoms with Crippen LogP contribution in [0.3, 0.4) is 0 Å². The second kappa shape index (κ2) is 9.98. The topological polar surface area (TPSA) is 110 Å². The standard InChI is InChI=1S/C19H19ClN4O4S2/c1-28-16-10-4-13(5-11-16)3-2-12-21-30(26,27)19-24-23-18(29-19)22-17(25)14-6-8-15(20)9-7-14/h4-11,21H,2-3,12H2,1H3,(H,22,23,25). The minimum absolute atomic E-state index is 0.0913. The predicted octanol–water partition coefficient (Wildman–Crippen LogP) is 3.36. The van der Waals surface area contributed by atoms with E-state index >= 15 is 0 Å². The van der Waals surface area contributed by atoms with Crippen molar-refractivity contribution in [1.82, 2.24) is 14.9 Å². The van der Waals surface area contributed by atoms with E-state index < -0.39 is 15.9 Å². The van der Waals surface area contributed by atoms with Gasteiger partial charge in [-0.2, -0.15) is 0 Å². The van der Waals surface area contributed by atoms with Crippen molar-refractivity contribution in [1.29, 1.82) is 0 Å². The lowest BCUT2D eigenvalue weighted by molar-refractivity contribution is 0.102. The average Bonchev–Trinajstić information content (AvgIpc) is 3.21. The highest BCUT2D eigenvalue weighted by atomic mass is 35.5. The number of hydrogen-bond acceptors (Lipinski definition) is 7. The molecule has 8 nitrogen and oxygen atoms in total. The summed E-state index contributed by atoms with van der Waals surface area (Å²) in [6.07, 6.45) is 1.33. The molecule has 0 fully saturated rings. The highest BCUT2D eigenvalue weighted by Gasteiger charge is 2.20. The van der Waals surface area contributed by atoms with Gasteiger partial charge in [-0.3, -0.25) is 10.1 Å². The van der Waals surface area contributed by atoms with Crippen LogP contribution in [0.15, 0.2) is 52.9 Å². The molecule has 0 aliphatic heterocycles. The zero-order valence-electron chi connectivity index (χ0n) is 16.0. The van der Waals surface area contributed by atoms with E-state index in [1.54, 1.807) is 31.4 Å². The molecule has 0 spiro atoms. The van der Waals surface area contributed by atoms with E-state index in [9.17, 15) is 13.2 Å². The van der Waals surface area contributed by atoms with Crippen molar-refractivity contribution in [3.8, 4) is 5.75 Å². The Morgan fingerprint density at radius 2 is 1.80 bits per heavy atom. The van der Waals surface area contributed by atoms with Gasteiger partial charge >= 0.3 is 0 Å². The maximum Gasteiger partial charge on any atom is 0.269 e. The molecular formula is C19H19ClN4O4S2. The van der Waals surface area contributed by atoms with Gasteiger partial charge in [0.25, 0.3) is 15.9 Å². The summed E-state index contributed by atoms with van der Waals surface area (Å²) in [6.45, 7) is 0.250. The lowest BCUT2D eigenvalue weighted by Gasteiger charge is -2.05. The Labute approximate surface area is 183 Å². The van der Waals surface area contributed by atoms with E-state index in [0.717, 1.165) is 22.6 Å². The van der Waals surface area contributed by atoms with E-state index in [0.29, 0.717) is 23.4 Å². The van der Waals surface area contributed by atoms with Crippen LogP contribution >= 0.6 is 22.9 Å². The molecule has 0 saturated carbocycles. The van der Waals surface area contributed by atoms with E-state index in [1.807, 2.05) is 24.3 Å². The van der Waals surface area contributed by atoms with Gasteiger partial charge in [0.15, 0.2) is 0 Å². The van der Waals surface area contributed by atoms with Crippen LogP contribution in [0.5, 0.6) is 5.75 Å². The fourth-order valence-electron chi connectivity index (χ4n) is 2.49. The highest BCUT2D eigenvalue weighted by molar-refractivity contribution is 7.91. The van der Waals surface area contributed by atoms with Gasteiger partial charge in [0, 0.05) is 17.1 Å². The Morgan fingerprint density at radius 1 is 1.10 bits per heavy atom. The molecule has 3 rings (SSSR count). The molecule has 158 valence electrons. The molecule has 0 saturated heterocycles. The number of nitrogens with zero attached hydrogens (tertiary/aromatic N) is 2. The minimum atomic E-state index is -3.80. The van der Waals surface area contributed by atoms with Crippen molar-refractivity contribution in [2.24, 2.45) is 0 Å². The summed E-state index contributed by atoms with van der Waals surface area (Å²) in [5.41, 5.74) is 1.45. The van der Waals surface area contributed by atoms with Crippen LogP contribution in [-0.2, 0) is 16.4 Å². The molecular weight excluding hydrogens is 448 g/mol. The third-order valence-electron chi connectivity index (χ3n) is 4.06. The maximum absolute atomic E-state index is 12.4. The smallest absolute Gasteiger partial charge is 0.269 e. The molecule has 2 N–H and O–H groups in total. The number of carbonyl (C=O) groups is 1. The number of rotatable bonds is 9. The first kappa shape index (κ1) is 22.2. The Bertz CT molecular complexity index is 1100. The van der Waals surface area contributed by atoms with Crippen molar-refractivity contribution >= 4 is 44.0 Å². The van der Waals surface area contributed by atoms with Gasteiger partial charge in [0.05, 0.1) is 7.11 Å². The summed E-state index contributed by atoms with van der Waals surface area (Å²) in [7, 11) is -2.20. The third-order valence-corrected chi connectivity index (χ3v) is 6.98. The first-order valence-electron chi connectivity index (χ1n) is 8.90. The van der Waals surface area contributed by atoms with Gasteiger partial charge in [-0.1, -0.05) is 35.1 Å². The molecule has 0 radical (unpaired) electrons. The summed E-state index contributed by atoms with van der Waals surface area (Å²) >= 11 is 6.58. The van der Waals surface area contributed by atoms with Gasteiger partial charge in [0.1, 0.15) is 5.75 Å². The van der Waals surface area contributed by atoms with E-state index in [1.165, 1.54) is 0 Å². The quantitative estimate of drug-likeness (QED) is 0.369. The number of sulfonamides is 1. The summed E-state index contributed by atoms with van der Waals surface area (Å²) in [6, 6.07) is 13.9. The minimum Gasteiger partial charge on any atom is -0.497 e. The largest absolute Gasteiger partial charge is 0.497 e. The highest BCUT2D eigenvalue weighted by Crippen LogP contribution is 2.21. The first-order chi connectivity index (χ1) is 14.4. The number of aromatic nitrogens is 2. The number of amides is 1. The Balaban J connectivity index is 1.51. The molecule has 2 aromatic carbocycles. The van der Waals surface area contributed by atoms with Crippen LogP contribution in [0.1, 0.15) is 22.3 Å². The molecule has 1 heterocycles. The van der Waals surface area contributed by atoms with Gasteiger partial charge in [-0.25, -0.2) is 13.1 Å². The van der Waals surface area contributed by atoms with Crippen LogP contribution in [0.4, 0.5) is 5.13 Å². The van der Waals surface area contributed by atoms with Crippen molar-refractivity contribution in [3.63, 3.8) is 0 Å². The number of nitrogens with one attached hydrogen (secondary N) is 2. The fraction of sp³-hybridized carbons (Fsp3) is 0.211. The summed E-state index contributed by atoms with van der Waals surface area (Å²) in [4.78, 5) is 12.2. The lowest BCUT2D eigenvalue weighted by Crippen LogP contribution is -2.25. The molecule has 1 aromatic heterocycles. The monoisotopic (exact) mass is 466 g/mol. The summed E-state index contributed by atoms with van der Waals surface area (Å²) in [5.74, 6) is 0.342. The van der Waals surface area contributed by atoms with Crippen LogP contribution in [0.25, 0.3) is 0 Å². The lowest BCUT2D eigenvalue weighted by atomic mass is 10.1. The molecule has 0 aliphatic rings. The number of carbonyl (C=O) groups excluding carboxylic acids is 1. The number of methoxy groups -OCH3 is 1. The van der Waals surface area contributed by atoms with E-state index in [2.05, 4.69) is 20.2 Å². The van der Waals surface area contributed by atoms with Crippen LogP contribution < -0.4 is 14.8 Å². The predicted molar refractivity (Wildman–Crippen MR) is 116 cm³/mol. The van der Waals surface area contributed by atoms with Crippen LogP contribution in [0.2, 0.25) is 5.02 Å². The Hall–Kier alpha value is -2.53. The van der Waals surface area contributed by atoms with Crippen molar-refractivity contribution in [3.05, 3.63) is 64.7 Å². The maximum atomic E-state index is 12.4. The number of halogens is 1. The SMILES string of the molecule is COc1ccc(CCCNS(=O)(=O)c2nnc(NC(=O)c3ccc(Cl)cc3)s2)cc1. The summed E-state index contributed by atoms with van der Waals surface area (Å²) < 4.78 is 32.2. The zero-order chi connectivity index (χ0) is 21.6. The van der Waals surface area contributed by atoms with E-state index in [-0.39, 0.29) is 16.0 Å². The number of benzene rings is 2. The van der Waals surface area contributed by atoms with Crippen LogP contribution in [-0.4, -0.2) is 38.2 Å². The summed E-state index contributed by atoms with van der Waals surface area (Å²) in [5, 5.41) is 10.5. The van der Waals surface area contributed by atoms with Gasteiger partial charge in [-0.05, 0) is 54.8 Å². The molecule has 30 heavy (non-hydrogen) atoms. The molecule has 0 aliphatic carbocycles. The van der Waals surface area contributed by atoms with Crippen molar-refractivity contribution in [2.75, 3.05) is 19.0 Å². The van der Waals surface area contributed by atoms with Gasteiger partial charge in [0.2, 0.25) is 9.47 Å². The molecule has 3 aromatic rings. The molecule has 1 amide bonds. The number of hydrogen-bond donors (Lipinski definition) is 2. The van der Waals surface area contributed by atoms with Crippen molar-refractivity contribution < 1.29 is 17.9 Å². The molecule has 11 heteroatoms. The number of ether oxygens (including phenoxy) is 1. The third kappa shape index (κ3) is 5.99. The average molecular weight is 467 g/mol.